The molecule has 148 valence electrons. The van der Waals surface area contributed by atoms with Gasteiger partial charge in [-0.15, -0.1) is 11.3 Å². The highest BCUT2D eigenvalue weighted by molar-refractivity contribution is 7.91. The third-order valence-electron chi connectivity index (χ3n) is 4.85. The molecule has 0 fully saturated rings. The molecule has 0 aliphatic carbocycles. The second-order valence-corrected chi connectivity index (χ2v) is 11.2. The summed E-state index contributed by atoms with van der Waals surface area (Å²) in [5.41, 5.74) is 4.70. The van der Waals surface area contributed by atoms with Gasteiger partial charge in [-0.3, -0.25) is 4.79 Å². The van der Waals surface area contributed by atoms with Crippen LogP contribution in [0.2, 0.25) is 0 Å². The summed E-state index contributed by atoms with van der Waals surface area (Å²) in [6, 6.07) is 8.50. The van der Waals surface area contributed by atoms with Gasteiger partial charge >= 0.3 is 0 Å². The number of carbonyl (C=O) groups is 1. The van der Waals surface area contributed by atoms with Crippen LogP contribution in [0.15, 0.2) is 29.6 Å². The Balaban J connectivity index is 1.80. The lowest BCUT2D eigenvalue weighted by Gasteiger charge is -2.08. The van der Waals surface area contributed by atoms with Crippen LogP contribution < -0.4 is 0 Å². The number of ketones is 1. The van der Waals surface area contributed by atoms with Gasteiger partial charge < -0.3 is 0 Å². The summed E-state index contributed by atoms with van der Waals surface area (Å²) >= 11 is 1.74. The fourth-order valence-corrected chi connectivity index (χ4v) is 4.94. The summed E-state index contributed by atoms with van der Waals surface area (Å²) in [6.45, 7) is 7.58. The lowest BCUT2D eigenvalue weighted by Crippen LogP contribution is -2.17. The van der Waals surface area contributed by atoms with E-state index in [1.54, 1.807) is 25.2 Å². The lowest BCUT2D eigenvalue weighted by atomic mass is 9.98. The molecule has 0 aliphatic heterocycles. The molecule has 2 aromatic rings. The number of rotatable bonds is 10. The summed E-state index contributed by atoms with van der Waals surface area (Å²) in [6.07, 6.45) is 3.17. The Morgan fingerprint density at radius 3 is 2.41 bits per heavy atom. The standard InChI is InChI=1S/C22H30O3S2/c1-16(2)27(24,25)11-7-5-6-8-21(23)14-19-9-10-20(13-18(19)4)22-12-17(3)15-26-22/h9-10,12-13,15-16H,5-8,11,14H2,1-4H3. The van der Waals surface area contributed by atoms with E-state index in [1.807, 2.05) is 0 Å². The van der Waals surface area contributed by atoms with Crippen molar-refractivity contribution >= 4 is 27.0 Å². The van der Waals surface area contributed by atoms with Crippen LogP contribution in [-0.2, 0) is 21.1 Å². The third kappa shape index (κ3) is 6.58. The molecule has 2 rings (SSSR count). The van der Waals surface area contributed by atoms with E-state index in [4.69, 9.17) is 0 Å². The Morgan fingerprint density at radius 1 is 1.07 bits per heavy atom. The van der Waals surface area contributed by atoms with E-state index >= 15 is 0 Å². The first kappa shape index (κ1) is 21.8. The van der Waals surface area contributed by atoms with Gasteiger partial charge in [-0.1, -0.05) is 24.6 Å². The molecule has 0 unspecified atom stereocenters. The SMILES string of the molecule is Cc1csc(-c2ccc(CC(=O)CCCCCS(=O)(=O)C(C)C)c(C)c2)c1. The average molecular weight is 407 g/mol. The molecule has 0 spiro atoms. The first-order valence-electron chi connectivity index (χ1n) is 9.57. The fourth-order valence-electron chi connectivity index (χ4n) is 2.97. The van der Waals surface area contributed by atoms with Crippen molar-refractivity contribution in [3.8, 4) is 10.4 Å². The van der Waals surface area contributed by atoms with Crippen LogP contribution in [-0.4, -0.2) is 25.2 Å². The fraction of sp³-hybridized carbons (Fsp3) is 0.500. The molecule has 0 saturated heterocycles. The molecule has 1 aromatic heterocycles. The number of hydrogen-bond acceptors (Lipinski definition) is 4. The Labute approximate surface area is 167 Å². The van der Waals surface area contributed by atoms with Crippen molar-refractivity contribution in [2.24, 2.45) is 0 Å². The Kier molecular flexibility index (Phi) is 7.80. The normalized spacial score (nSPS) is 11.9. The quantitative estimate of drug-likeness (QED) is 0.488. The number of carbonyl (C=O) groups excluding carboxylic acids is 1. The Morgan fingerprint density at radius 2 is 1.81 bits per heavy atom. The molecule has 1 heterocycles. The minimum absolute atomic E-state index is 0.224. The van der Waals surface area contributed by atoms with Crippen molar-refractivity contribution in [1.29, 1.82) is 0 Å². The van der Waals surface area contributed by atoms with Crippen molar-refractivity contribution in [3.05, 3.63) is 46.3 Å². The molecule has 0 saturated carbocycles. The number of hydrogen-bond donors (Lipinski definition) is 0. The average Bonchev–Trinajstić information content (AvgIpc) is 3.02. The molecule has 0 N–H and O–H groups in total. The van der Waals surface area contributed by atoms with E-state index in [9.17, 15) is 13.2 Å². The minimum atomic E-state index is -2.96. The zero-order chi connectivity index (χ0) is 20.0. The van der Waals surface area contributed by atoms with Crippen molar-refractivity contribution in [2.75, 3.05) is 5.75 Å². The lowest BCUT2D eigenvalue weighted by molar-refractivity contribution is -0.118. The van der Waals surface area contributed by atoms with Crippen molar-refractivity contribution in [1.82, 2.24) is 0 Å². The monoisotopic (exact) mass is 406 g/mol. The molecule has 27 heavy (non-hydrogen) atoms. The van der Waals surface area contributed by atoms with Crippen LogP contribution in [0.3, 0.4) is 0 Å². The highest BCUT2D eigenvalue weighted by Gasteiger charge is 2.15. The predicted octanol–water partition coefficient (Wildman–Crippen LogP) is 5.53. The van der Waals surface area contributed by atoms with E-state index in [0.717, 1.165) is 24.0 Å². The topological polar surface area (TPSA) is 51.2 Å². The van der Waals surface area contributed by atoms with Gasteiger partial charge in [0.25, 0.3) is 0 Å². The molecule has 1 aromatic carbocycles. The summed E-state index contributed by atoms with van der Waals surface area (Å²) < 4.78 is 23.5. The van der Waals surface area contributed by atoms with Crippen LogP contribution in [0.5, 0.6) is 0 Å². The maximum absolute atomic E-state index is 12.3. The second-order valence-electron chi connectivity index (χ2n) is 7.57. The number of Topliss-reactive ketones (excluding diaryl/α,β-unsaturated/α-hetero) is 1. The number of benzene rings is 1. The molecule has 3 nitrogen and oxygen atoms in total. The molecular formula is C22H30O3S2. The first-order valence-corrected chi connectivity index (χ1v) is 12.2. The van der Waals surface area contributed by atoms with Crippen molar-refractivity contribution in [2.45, 2.75) is 65.0 Å². The van der Waals surface area contributed by atoms with Gasteiger partial charge in [-0.05, 0) is 74.2 Å². The molecule has 0 radical (unpaired) electrons. The molecular weight excluding hydrogens is 376 g/mol. The van der Waals surface area contributed by atoms with Crippen molar-refractivity contribution < 1.29 is 13.2 Å². The molecule has 5 heteroatoms. The number of thiophene rings is 1. The summed E-state index contributed by atoms with van der Waals surface area (Å²) in [5.74, 6) is 0.450. The highest BCUT2D eigenvalue weighted by atomic mass is 32.2. The number of unbranched alkanes of at least 4 members (excludes halogenated alkanes) is 2. The maximum atomic E-state index is 12.3. The van der Waals surface area contributed by atoms with Crippen LogP contribution in [0.4, 0.5) is 0 Å². The first-order chi connectivity index (χ1) is 12.7. The largest absolute Gasteiger partial charge is 0.299 e. The Hall–Kier alpha value is -1.46. The van der Waals surface area contributed by atoms with Crippen LogP contribution in [0.25, 0.3) is 10.4 Å². The van der Waals surface area contributed by atoms with Gasteiger partial charge in [0.15, 0.2) is 9.84 Å². The van der Waals surface area contributed by atoms with E-state index in [-0.39, 0.29) is 16.8 Å². The summed E-state index contributed by atoms with van der Waals surface area (Å²) in [4.78, 5) is 13.5. The zero-order valence-corrected chi connectivity index (χ0v) is 18.4. The molecule has 0 aliphatic rings. The van der Waals surface area contributed by atoms with Crippen LogP contribution in [0, 0.1) is 13.8 Å². The van der Waals surface area contributed by atoms with E-state index in [1.165, 1.54) is 16.0 Å². The number of aryl methyl sites for hydroxylation is 2. The summed E-state index contributed by atoms with van der Waals surface area (Å²) in [5, 5.41) is 1.83. The minimum Gasteiger partial charge on any atom is -0.299 e. The second kappa shape index (κ2) is 9.65. The van der Waals surface area contributed by atoms with Gasteiger partial charge in [0.2, 0.25) is 0 Å². The van der Waals surface area contributed by atoms with Crippen molar-refractivity contribution in [3.63, 3.8) is 0 Å². The van der Waals surface area contributed by atoms with Gasteiger partial charge in [0.1, 0.15) is 5.78 Å². The van der Waals surface area contributed by atoms with Crippen LogP contribution in [0.1, 0.15) is 56.2 Å². The van der Waals surface area contributed by atoms with Gasteiger partial charge in [0.05, 0.1) is 11.0 Å². The van der Waals surface area contributed by atoms with E-state index in [2.05, 4.69) is 43.5 Å². The Bertz CT molecular complexity index is 877. The zero-order valence-electron chi connectivity index (χ0n) is 16.7. The smallest absolute Gasteiger partial charge is 0.152 e. The summed E-state index contributed by atoms with van der Waals surface area (Å²) in [7, 11) is -2.96. The number of sulfone groups is 1. The molecule has 0 atom stereocenters. The van der Waals surface area contributed by atoms with E-state index < -0.39 is 9.84 Å². The highest BCUT2D eigenvalue weighted by Crippen LogP contribution is 2.28. The van der Waals surface area contributed by atoms with Gasteiger partial charge in [-0.25, -0.2) is 8.42 Å². The maximum Gasteiger partial charge on any atom is 0.152 e. The van der Waals surface area contributed by atoms with Gasteiger partial charge in [0, 0.05) is 17.7 Å². The third-order valence-corrected chi connectivity index (χ3v) is 8.24. The van der Waals surface area contributed by atoms with E-state index in [0.29, 0.717) is 19.3 Å². The molecule has 0 bridgehead atoms. The van der Waals surface area contributed by atoms with Gasteiger partial charge in [-0.2, -0.15) is 0 Å². The molecule has 0 amide bonds. The predicted molar refractivity (Wildman–Crippen MR) is 115 cm³/mol. The van der Waals surface area contributed by atoms with Crippen LogP contribution >= 0.6 is 11.3 Å².